The summed E-state index contributed by atoms with van der Waals surface area (Å²) in [4.78, 5) is 35.5. The monoisotopic (exact) mass is 559 g/mol. The van der Waals surface area contributed by atoms with E-state index in [4.69, 9.17) is 24.2 Å². The van der Waals surface area contributed by atoms with E-state index in [2.05, 4.69) is 10.6 Å². The predicted molar refractivity (Wildman–Crippen MR) is 131 cm³/mol. The van der Waals surface area contributed by atoms with Gasteiger partial charge in [-0.15, -0.1) is 0 Å². The van der Waals surface area contributed by atoms with Gasteiger partial charge in [0.1, 0.15) is 0 Å². The molecular formula is C21H41N3O12S. The first kappa shape index (κ1) is 35.1. The Morgan fingerprint density at radius 2 is 1.46 bits per heavy atom. The van der Waals surface area contributed by atoms with Gasteiger partial charge in [-0.3, -0.25) is 23.8 Å². The lowest BCUT2D eigenvalue weighted by atomic mass is 10.1. The third-order valence-electron chi connectivity index (χ3n) is 4.97. The van der Waals surface area contributed by atoms with E-state index in [1.54, 1.807) is 0 Å². The van der Waals surface area contributed by atoms with Crippen LogP contribution >= 0.6 is 0 Å². The first-order chi connectivity index (χ1) is 17.4. The topological polar surface area (TPSA) is 232 Å². The van der Waals surface area contributed by atoms with Gasteiger partial charge in [-0.2, -0.15) is 8.42 Å². The Morgan fingerprint density at radius 1 is 0.919 bits per heavy atom. The zero-order valence-corrected chi connectivity index (χ0v) is 21.9. The zero-order chi connectivity index (χ0) is 28.3. The van der Waals surface area contributed by atoms with Gasteiger partial charge in [0.15, 0.2) is 0 Å². The lowest BCUT2D eigenvalue weighted by molar-refractivity contribution is -0.144. The van der Waals surface area contributed by atoms with Crippen LogP contribution in [-0.4, -0.2) is 139 Å². The van der Waals surface area contributed by atoms with Gasteiger partial charge >= 0.3 is 11.9 Å². The Morgan fingerprint density at radius 3 is 1.95 bits per heavy atom. The minimum atomic E-state index is -4.47. The van der Waals surface area contributed by atoms with Gasteiger partial charge in [-0.25, -0.2) is 0 Å². The molecule has 3 atom stereocenters. The summed E-state index contributed by atoms with van der Waals surface area (Å²) in [5.41, 5.74) is 0. The second-order valence-electron chi connectivity index (χ2n) is 8.35. The molecule has 3 unspecified atom stereocenters. The molecule has 0 aliphatic heterocycles. The van der Waals surface area contributed by atoms with Crippen molar-refractivity contribution in [2.45, 2.75) is 50.9 Å². The number of aliphatic carboxylic acids is 2. The van der Waals surface area contributed by atoms with Crippen molar-refractivity contribution in [1.82, 2.24) is 15.5 Å². The minimum absolute atomic E-state index is 0.0233. The predicted octanol–water partition coefficient (Wildman–Crippen LogP) is -2.24. The van der Waals surface area contributed by atoms with Crippen molar-refractivity contribution in [3.05, 3.63) is 0 Å². The number of aliphatic hydroxyl groups excluding tert-OH is 2. The standard InChI is InChI=1S/C21H41N3O12S/c1-2-16(25)14-35-8-3-4-9-36-15-17(26)11-22-6-7-23-21(31)18(5-10-37(32,33)34)24(12-19(27)28)13-20(29)30/h16-18,22,25-26H,2-15H2,1H3,(H,23,31)(H,27,28)(H,29,30)(H,32,33,34). The number of unbranched alkanes of at least 4 members (excludes halogenated alkanes) is 1. The average Bonchev–Trinajstić information content (AvgIpc) is 2.78. The number of ether oxygens (including phenoxy) is 2. The molecule has 15 nitrogen and oxygen atoms in total. The number of nitrogens with zero attached hydrogens (tertiary/aromatic N) is 1. The number of carboxylic acids is 2. The van der Waals surface area contributed by atoms with E-state index in [-0.39, 0.29) is 26.2 Å². The van der Waals surface area contributed by atoms with Gasteiger partial charge in [0.25, 0.3) is 10.1 Å². The lowest BCUT2D eigenvalue weighted by Gasteiger charge is -2.27. The first-order valence-electron chi connectivity index (χ1n) is 12.0. The second-order valence-corrected chi connectivity index (χ2v) is 9.92. The summed E-state index contributed by atoms with van der Waals surface area (Å²) in [6.07, 6.45) is 0.344. The number of nitrogens with one attached hydrogen (secondary N) is 2. The molecule has 37 heavy (non-hydrogen) atoms. The van der Waals surface area contributed by atoms with Crippen LogP contribution in [0.15, 0.2) is 0 Å². The smallest absolute Gasteiger partial charge is 0.317 e. The highest BCUT2D eigenvalue weighted by molar-refractivity contribution is 7.85. The van der Waals surface area contributed by atoms with Crippen LogP contribution < -0.4 is 10.6 Å². The number of carbonyl (C=O) groups is 3. The van der Waals surface area contributed by atoms with Crippen molar-refractivity contribution < 1.29 is 57.3 Å². The van der Waals surface area contributed by atoms with Crippen molar-refractivity contribution in [2.75, 3.05) is 64.9 Å². The van der Waals surface area contributed by atoms with Gasteiger partial charge < -0.3 is 40.5 Å². The molecule has 0 bridgehead atoms. The van der Waals surface area contributed by atoms with E-state index in [1.807, 2.05) is 6.92 Å². The summed E-state index contributed by atoms with van der Waals surface area (Å²) in [6, 6.07) is -1.42. The summed E-state index contributed by atoms with van der Waals surface area (Å²) in [5.74, 6) is -4.49. The highest BCUT2D eigenvalue weighted by Crippen LogP contribution is 2.07. The molecule has 0 aliphatic carbocycles. The number of carboxylic acid groups (broad SMARTS) is 2. The molecule has 0 heterocycles. The largest absolute Gasteiger partial charge is 0.480 e. The van der Waals surface area contributed by atoms with E-state index >= 15 is 0 Å². The van der Waals surface area contributed by atoms with Crippen LogP contribution in [-0.2, 0) is 34.0 Å². The minimum Gasteiger partial charge on any atom is -0.480 e. The van der Waals surface area contributed by atoms with E-state index in [0.717, 1.165) is 17.7 Å². The molecule has 0 radical (unpaired) electrons. The van der Waals surface area contributed by atoms with Crippen molar-refractivity contribution >= 4 is 28.0 Å². The highest BCUT2D eigenvalue weighted by Gasteiger charge is 2.30. The van der Waals surface area contributed by atoms with Crippen LogP contribution in [0.1, 0.15) is 32.6 Å². The number of carbonyl (C=O) groups excluding carboxylic acids is 1. The fourth-order valence-corrected chi connectivity index (χ4v) is 3.57. The maximum Gasteiger partial charge on any atom is 0.317 e. The average molecular weight is 560 g/mol. The molecule has 0 saturated heterocycles. The van der Waals surface area contributed by atoms with Gasteiger partial charge in [0.05, 0.1) is 50.3 Å². The summed E-state index contributed by atoms with van der Waals surface area (Å²) < 4.78 is 41.8. The van der Waals surface area contributed by atoms with Crippen LogP contribution in [0.4, 0.5) is 0 Å². The quantitative estimate of drug-likeness (QED) is 0.0489. The summed E-state index contributed by atoms with van der Waals surface area (Å²) >= 11 is 0. The van der Waals surface area contributed by atoms with Gasteiger partial charge in [-0.05, 0) is 25.7 Å². The molecule has 7 N–H and O–H groups in total. The molecule has 0 aromatic carbocycles. The maximum absolute atomic E-state index is 12.5. The molecule has 0 aromatic heterocycles. The van der Waals surface area contributed by atoms with Crippen molar-refractivity contribution in [3.8, 4) is 0 Å². The van der Waals surface area contributed by atoms with E-state index < -0.39 is 71.5 Å². The number of hydrogen-bond acceptors (Lipinski definition) is 11. The maximum atomic E-state index is 12.5. The van der Waals surface area contributed by atoms with Crippen molar-refractivity contribution in [3.63, 3.8) is 0 Å². The van der Waals surface area contributed by atoms with Crippen LogP contribution in [0.5, 0.6) is 0 Å². The van der Waals surface area contributed by atoms with Crippen LogP contribution in [0.2, 0.25) is 0 Å². The van der Waals surface area contributed by atoms with Crippen molar-refractivity contribution in [2.24, 2.45) is 0 Å². The molecular weight excluding hydrogens is 518 g/mol. The number of aliphatic hydroxyl groups is 2. The zero-order valence-electron chi connectivity index (χ0n) is 21.1. The fraction of sp³-hybridized carbons (Fsp3) is 0.857. The van der Waals surface area contributed by atoms with Crippen LogP contribution in [0.3, 0.4) is 0 Å². The van der Waals surface area contributed by atoms with Gasteiger partial charge in [-0.1, -0.05) is 6.92 Å². The van der Waals surface area contributed by atoms with Crippen LogP contribution in [0, 0.1) is 0 Å². The number of rotatable bonds is 24. The van der Waals surface area contributed by atoms with Crippen LogP contribution in [0.25, 0.3) is 0 Å². The van der Waals surface area contributed by atoms with Gasteiger partial charge in [0.2, 0.25) is 5.91 Å². The Kier molecular flexibility index (Phi) is 19.1. The summed E-state index contributed by atoms with van der Waals surface area (Å²) in [5, 5.41) is 42.7. The third kappa shape index (κ3) is 20.8. The van der Waals surface area contributed by atoms with Crippen molar-refractivity contribution in [1.29, 1.82) is 0 Å². The second kappa shape index (κ2) is 20.1. The third-order valence-corrected chi connectivity index (χ3v) is 5.72. The Labute approximate surface area is 216 Å². The molecule has 1 amide bonds. The van der Waals surface area contributed by atoms with Gasteiger partial charge in [0, 0.05) is 32.8 Å². The molecule has 0 fully saturated rings. The molecule has 16 heteroatoms. The summed E-state index contributed by atoms with van der Waals surface area (Å²) in [7, 11) is -4.47. The molecule has 0 aromatic rings. The summed E-state index contributed by atoms with van der Waals surface area (Å²) in [6.45, 7) is 1.93. The normalized spacial score (nSPS) is 14.3. The fourth-order valence-electron chi connectivity index (χ4n) is 3.05. The molecule has 0 spiro atoms. The van der Waals surface area contributed by atoms with E-state index in [1.165, 1.54) is 0 Å². The number of amides is 1. The Balaban J connectivity index is 4.32. The molecule has 0 aliphatic rings. The molecule has 0 rings (SSSR count). The van der Waals surface area contributed by atoms with E-state index in [0.29, 0.717) is 26.2 Å². The Bertz CT molecular complexity index is 752. The molecule has 0 saturated carbocycles. The molecule has 218 valence electrons. The van der Waals surface area contributed by atoms with E-state index in [9.17, 15) is 33.0 Å². The first-order valence-corrected chi connectivity index (χ1v) is 13.6. The highest BCUT2D eigenvalue weighted by atomic mass is 32.2. The Hall–Kier alpha value is -1.92. The number of hydrogen-bond donors (Lipinski definition) is 7. The lowest BCUT2D eigenvalue weighted by Crippen LogP contribution is -2.52. The SMILES string of the molecule is CCC(O)COCCCCOCC(O)CNCCNC(=O)C(CCS(=O)(=O)O)N(CC(=O)O)CC(=O)O.